The van der Waals surface area contributed by atoms with Gasteiger partial charge in [0, 0.05) is 37.3 Å². The molecule has 1 unspecified atom stereocenters. The number of pyridine rings is 1. The van der Waals surface area contributed by atoms with Gasteiger partial charge in [-0.25, -0.2) is 0 Å². The molecular formula is C16H18N4. The molecule has 102 valence electrons. The fourth-order valence-electron chi connectivity index (χ4n) is 2.62. The summed E-state index contributed by atoms with van der Waals surface area (Å²) in [6.07, 6.45) is 4.36. The Hall–Kier alpha value is -2.20. The molecule has 0 fully saturated rings. The molecule has 4 nitrogen and oxygen atoms in total. The van der Waals surface area contributed by atoms with Crippen molar-refractivity contribution in [2.75, 3.05) is 0 Å². The summed E-state index contributed by atoms with van der Waals surface area (Å²) < 4.78 is 1.91. The SMILES string of the molecule is Cc1ccncc1C(N)Cc1nn(C)c2ccccc12. The first-order valence-electron chi connectivity index (χ1n) is 6.73. The first-order chi connectivity index (χ1) is 9.66. The van der Waals surface area contributed by atoms with Gasteiger partial charge in [0.25, 0.3) is 0 Å². The van der Waals surface area contributed by atoms with Crippen LogP contribution in [0.3, 0.4) is 0 Å². The fraction of sp³-hybridized carbons (Fsp3) is 0.250. The lowest BCUT2D eigenvalue weighted by Crippen LogP contribution is -2.15. The third-order valence-corrected chi connectivity index (χ3v) is 3.73. The first-order valence-corrected chi connectivity index (χ1v) is 6.73. The number of aromatic nitrogens is 3. The molecule has 0 spiro atoms. The molecule has 0 aliphatic carbocycles. The van der Waals surface area contributed by atoms with E-state index in [2.05, 4.69) is 29.1 Å². The van der Waals surface area contributed by atoms with Crippen molar-refractivity contribution < 1.29 is 0 Å². The number of nitrogens with two attached hydrogens (primary N) is 1. The Kier molecular flexibility index (Phi) is 3.24. The van der Waals surface area contributed by atoms with E-state index in [0.29, 0.717) is 6.42 Å². The lowest BCUT2D eigenvalue weighted by molar-refractivity contribution is 0.676. The highest BCUT2D eigenvalue weighted by atomic mass is 15.3. The fourth-order valence-corrected chi connectivity index (χ4v) is 2.62. The van der Waals surface area contributed by atoms with Gasteiger partial charge in [-0.05, 0) is 30.2 Å². The van der Waals surface area contributed by atoms with Gasteiger partial charge in [0.15, 0.2) is 0 Å². The Labute approximate surface area is 118 Å². The van der Waals surface area contributed by atoms with Crippen LogP contribution >= 0.6 is 0 Å². The van der Waals surface area contributed by atoms with Crippen molar-refractivity contribution in [3.05, 3.63) is 59.5 Å². The molecule has 20 heavy (non-hydrogen) atoms. The monoisotopic (exact) mass is 266 g/mol. The number of fused-ring (bicyclic) bond motifs is 1. The Bertz CT molecular complexity index is 745. The molecule has 2 N–H and O–H groups in total. The number of benzene rings is 1. The molecule has 0 saturated heterocycles. The van der Waals surface area contributed by atoms with E-state index in [4.69, 9.17) is 5.73 Å². The quantitative estimate of drug-likeness (QED) is 0.792. The maximum atomic E-state index is 6.34. The van der Waals surface area contributed by atoms with Crippen molar-refractivity contribution in [2.45, 2.75) is 19.4 Å². The van der Waals surface area contributed by atoms with Crippen molar-refractivity contribution in [1.29, 1.82) is 0 Å². The maximum absolute atomic E-state index is 6.34. The lowest BCUT2D eigenvalue weighted by atomic mass is 9.99. The predicted molar refractivity (Wildman–Crippen MR) is 80.3 cm³/mol. The van der Waals surface area contributed by atoms with Gasteiger partial charge in [0.2, 0.25) is 0 Å². The topological polar surface area (TPSA) is 56.7 Å². The molecule has 0 aliphatic heterocycles. The van der Waals surface area contributed by atoms with E-state index >= 15 is 0 Å². The molecule has 3 aromatic rings. The summed E-state index contributed by atoms with van der Waals surface area (Å²) >= 11 is 0. The van der Waals surface area contributed by atoms with Crippen LogP contribution in [-0.4, -0.2) is 14.8 Å². The van der Waals surface area contributed by atoms with E-state index in [-0.39, 0.29) is 6.04 Å². The first kappa shape index (κ1) is 12.8. The normalized spacial score (nSPS) is 12.8. The highest BCUT2D eigenvalue weighted by molar-refractivity contribution is 5.81. The van der Waals surface area contributed by atoms with E-state index < -0.39 is 0 Å². The van der Waals surface area contributed by atoms with Gasteiger partial charge in [0.05, 0.1) is 11.2 Å². The minimum absolute atomic E-state index is 0.0815. The Morgan fingerprint density at radius 2 is 2.05 bits per heavy atom. The molecule has 2 aromatic heterocycles. The maximum Gasteiger partial charge on any atom is 0.0722 e. The minimum Gasteiger partial charge on any atom is -0.324 e. The van der Waals surface area contributed by atoms with E-state index in [0.717, 1.165) is 16.8 Å². The summed E-state index contributed by atoms with van der Waals surface area (Å²) in [7, 11) is 1.96. The number of hydrogen-bond acceptors (Lipinski definition) is 3. The highest BCUT2D eigenvalue weighted by Gasteiger charge is 2.15. The summed E-state index contributed by atoms with van der Waals surface area (Å²) in [5.41, 5.74) is 10.8. The zero-order valence-electron chi connectivity index (χ0n) is 11.7. The third-order valence-electron chi connectivity index (χ3n) is 3.73. The van der Waals surface area contributed by atoms with Crippen molar-refractivity contribution in [2.24, 2.45) is 12.8 Å². The van der Waals surface area contributed by atoms with Crippen molar-refractivity contribution >= 4 is 10.9 Å². The minimum atomic E-state index is -0.0815. The smallest absolute Gasteiger partial charge is 0.0722 e. The van der Waals surface area contributed by atoms with Gasteiger partial charge in [-0.15, -0.1) is 0 Å². The summed E-state index contributed by atoms with van der Waals surface area (Å²) in [6.45, 7) is 2.06. The van der Waals surface area contributed by atoms with Crippen LogP contribution in [0.2, 0.25) is 0 Å². The Balaban J connectivity index is 1.96. The van der Waals surface area contributed by atoms with Gasteiger partial charge in [-0.2, -0.15) is 5.10 Å². The molecular weight excluding hydrogens is 248 g/mol. The molecule has 0 amide bonds. The second kappa shape index (κ2) is 5.06. The predicted octanol–water partition coefficient (Wildman–Crippen LogP) is 2.52. The van der Waals surface area contributed by atoms with E-state index in [9.17, 15) is 0 Å². The molecule has 2 heterocycles. The van der Waals surface area contributed by atoms with Crippen LogP contribution in [0.4, 0.5) is 0 Å². The van der Waals surface area contributed by atoms with Crippen LogP contribution in [-0.2, 0) is 13.5 Å². The summed E-state index contributed by atoms with van der Waals surface area (Å²) in [5, 5.41) is 5.77. The summed E-state index contributed by atoms with van der Waals surface area (Å²) in [5.74, 6) is 0. The van der Waals surface area contributed by atoms with Crippen molar-refractivity contribution in [1.82, 2.24) is 14.8 Å². The molecule has 4 heteroatoms. The standard InChI is InChI=1S/C16H18N4/c1-11-7-8-18-10-13(11)14(17)9-15-12-5-3-4-6-16(12)20(2)19-15/h3-8,10,14H,9,17H2,1-2H3. The average molecular weight is 266 g/mol. The van der Waals surface area contributed by atoms with Crippen LogP contribution in [0.1, 0.15) is 22.9 Å². The molecule has 0 bridgehead atoms. The van der Waals surface area contributed by atoms with Crippen molar-refractivity contribution in [3.63, 3.8) is 0 Å². The number of hydrogen-bond donors (Lipinski definition) is 1. The highest BCUT2D eigenvalue weighted by Crippen LogP contribution is 2.23. The van der Waals surface area contributed by atoms with Crippen LogP contribution in [0.5, 0.6) is 0 Å². The lowest BCUT2D eigenvalue weighted by Gasteiger charge is -2.12. The number of aryl methyl sites for hydroxylation is 2. The van der Waals surface area contributed by atoms with Crippen LogP contribution in [0.25, 0.3) is 10.9 Å². The largest absolute Gasteiger partial charge is 0.324 e. The number of rotatable bonds is 3. The Morgan fingerprint density at radius 3 is 2.85 bits per heavy atom. The zero-order valence-corrected chi connectivity index (χ0v) is 11.7. The molecule has 3 rings (SSSR count). The van der Waals surface area contributed by atoms with Crippen LogP contribution in [0, 0.1) is 6.92 Å². The van der Waals surface area contributed by atoms with Gasteiger partial charge in [-0.3, -0.25) is 9.67 Å². The molecule has 0 saturated carbocycles. The van der Waals surface area contributed by atoms with E-state index in [1.54, 1.807) is 6.20 Å². The van der Waals surface area contributed by atoms with E-state index in [1.807, 2.05) is 36.1 Å². The number of para-hydroxylation sites is 1. The van der Waals surface area contributed by atoms with Crippen LogP contribution < -0.4 is 5.73 Å². The van der Waals surface area contributed by atoms with Crippen molar-refractivity contribution in [3.8, 4) is 0 Å². The molecule has 0 aliphatic rings. The van der Waals surface area contributed by atoms with Gasteiger partial charge < -0.3 is 5.73 Å². The van der Waals surface area contributed by atoms with Gasteiger partial charge in [-0.1, -0.05) is 18.2 Å². The Morgan fingerprint density at radius 1 is 1.25 bits per heavy atom. The number of nitrogens with zero attached hydrogens (tertiary/aromatic N) is 3. The summed E-state index contributed by atoms with van der Waals surface area (Å²) in [4.78, 5) is 4.17. The third kappa shape index (κ3) is 2.18. The second-order valence-electron chi connectivity index (χ2n) is 5.13. The molecule has 1 aromatic carbocycles. The molecule has 0 radical (unpaired) electrons. The second-order valence-corrected chi connectivity index (χ2v) is 5.13. The van der Waals surface area contributed by atoms with E-state index in [1.165, 1.54) is 10.9 Å². The average Bonchev–Trinajstić information content (AvgIpc) is 2.76. The van der Waals surface area contributed by atoms with Gasteiger partial charge in [0.1, 0.15) is 0 Å². The summed E-state index contributed by atoms with van der Waals surface area (Å²) in [6, 6.07) is 10.1. The zero-order chi connectivity index (χ0) is 14.1. The molecule has 1 atom stereocenters. The van der Waals surface area contributed by atoms with Crippen LogP contribution in [0.15, 0.2) is 42.7 Å². The van der Waals surface area contributed by atoms with Gasteiger partial charge >= 0.3 is 0 Å².